The zero-order valence-corrected chi connectivity index (χ0v) is 11.7. The molecule has 0 aliphatic rings. The number of carbonyl (C=O) groups excluding carboxylic acids is 2. The zero-order valence-electron chi connectivity index (χ0n) is 11.7. The quantitative estimate of drug-likeness (QED) is 0.201. The van der Waals surface area contributed by atoms with E-state index in [1.54, 1.807) is 31.2 Å². The molecule has 0 amide bonds. The van der Waals surface area contributed by atoms with Crippen LogP contribution >= 0.6 is 0 Å². The molecule has 6 heteroatoms. The molecule has 0 fully saturated rings. The molecule has 0 bridgehead atoms. The van der Waals surface area contributed by atoms with E-state index >= 15 is 0 Å². The first-order valence-corrected chi connectivity index (χ1v) is 6.46. The molecule has 6 nitrogen and oxygen atoms in total. The van der Waals surface area contributed by atoms with Gasteiger partial charge in [-0.05, 0) is 24.6 Å². The lowest BCUT2D eigenvalue weighted by Gasteiger charge is -2.02. The van der Waals surface area contributed by atoms with Gasteiger partial charge in [-0.15, -0.1) is 0 Å². The number of esters is 1. The second-order valence-corrected chi connectivity index (χ2v) is 4.00. The molecule has 0 saturated heterocycles. The van der Waals surface area contributed by atoms with Crippen molar-refractivity contribution in [1.82, 2.24) is 0 Å². The number of hydrogen-bond donors (Lipinski definition) is 0. The van der Waals surface area contributed by atoms with E-state index in [0.717, 1.165) is 5.56 Å². The van der Waals surface area contributed by atoms with Crippen LogP contribution in [0.25, 0.3) is 10.4 Å². The molecule has 1 aromatic carbocycles. The standard InChI is InChI=1S/C15H15N3O3/c1-2-21-15(20)10-9-14(19)13-7-5-12(6-8-13)4-3-11-17-18-16/h5-8H,2,9-11H2,1H3. The molecule has 21 heavy (non-hydrogen) atoms. The molecule has 1 aromatic rings. The maximum absolute atomic E-state index is 11.9. The molecule has 0 aliphatic carbocycles. The number of benzene rings is 1. The van der Waals surface area contributed by atoms with Crippen LogP contribution in [0.3, 0.4) is 0 Å². The Balaban J connectivity index is 2.56. The number of carbonyl (C=O) groups is 2. The van der Waals surface area contributed by atoms with Crippen LogP contribution in [-0.2, 0) is 9.53 Å². The number of hydrogen-bond acceptors (Lipinski definition) is 4. The van der Waals surface area contributed by atoms with E-state index in [1.165, 1.54) is 0 Å². The van der Waals surface area contributed by atoms with Gasteiger partial charge in [0, 0.05) is 22.5 Å². The average molecular weight is 285 g/mol. The highest BCUT2D eigenvalue weighted by Crippen LogP contribution is 2.08. The van der Waals surface area contributed by atoms with E-state index in [1.807, 2.05) is 0 Å². The first kappa shape index (κ1) is 16.3. The van der Waals surface area contributed by atoms with Crippen molar-refractivity contribution in [2.24, 2.45) is 5.11 Å². The minimum Gasteiger partial charge on any atom is -0.466 e. The molecule has 0 atom stereocenters. The Morgan fingerprint density at radius 3 is 2.62 bits per heavy atom. The van der Waals surface area contributed by atoms with Gasteiger partial charge in [0.05, 0.1) is 19.6 Å². The largest absolute Gasteiger partial charge is 0.466 e. The zero-order chi connectivity index (χ0) is 15.5. The van der Waals surface area contributed by atoms with Gasteiger partial charge in [0.2, 0.25) is 0 Å². The molecule has 0 aliphatic heterocycles. The second kappa shape index (κ2) is 9.18. The predicted molar refractivity (Wildman–Crippen MR) is 77.5 cm³/mol. The number of ketones is 1. The Morgan fingerprint density at radius 1 is 1.29 bits per heavy atom. The Hall–Kier alpha value is -2.77. The van der Waals surface area contributed by atoms with Crippen LogP contribution in [0.1, 0.15) is 35.7 Å². The summed E-state index contributed by atoms with van der Waals surface area (Å²) < 4.78 is 4.77. The lowest BCUT2D eigenvalue weighted by atomic mass is 10.0. The summed E-state index contributed by atoms with van der Waals surface area (Å²) in [6.07, 6.45) is 0.209. The molecule has 0 spiro atoms. The summed E-state index contributed by atoms with van der Waals surface area (Å²) in [6, 6.07) is 6.73. The van der Waals surface area contributed by atoms with E-state index in [0.29, 0.717) is 12.2 Å². The fraction of sp³-hybridized carbons (Fsp3) is 0.333. The van der Waals surface area contributed by atoms with Gasteiger partial charge in [-0.2, -0.15) is 0 Å². The molecule has 0 unspecified atom stereocenters. The average Bonchev–Trinajstić information content (AvgIpc) is 2.50. The van der Waals surface area contributed by atoms with Gasteiger partial charge in [0.15, 0.2) is 5.78 Å². The smallest absolute Gasteiger partial charge is 0.306 e. The summed E-state index contributed by atoms with van der Waals surface area (Å²) in [5, 5.41) is 3.30. The van der Waals surface area contributed by atoms with Gasteiger partial charge in [-0.1, -0.05) is 29.1 Å². The maximum Gasteiger partial charge on any atom is 0.306 e. The second-order valence-electron chi connectivity index (χ2n) is 4.00. The van der Waals surface area contributed by atoms with Crippen molar-refractivity contribution in [3.8, 4) is 11.8 Å². The third-order valence-electron chi connectivity index (χ3n) is 2.51. The predicted octanol–water partition coefficient (Wildman–Crippen LogP) is 2.87. The summed E-state index contributed by atoms with van der Waals surface area (Å²) in [7, 11) is 0. The van der Waals surface area contributed by atoms with Gasteiger partial charge >= 0.3 is 5.97 Å². The Kier molecular flexibility index (Phi) is 7.12. The Bertz CT molecular complexity index is 605. The van der Waals surface area contributed by atoms with E-state index in [9.17, 15) is 9.59 Å². The number of Topliss-reactive ketones (excluding diaryl/α,β-unsaturated/α-hetero) is 1. The normalized spacial score (nSPS) is 9.00. The van der Waals surface area contributed by atoms with Gasteiger partial charge in [-0.25, -0.2) is 0 Å². The van der Waals surface area contributed by atoms with Crippen LogP contribution in [0.4, 0.5) is 0 Å². The van der Waals surface area contributed by atoms with Crippen LogP contribution < -0.4 is 0 Å². The molecule has 0 radical (unpaired) electrons. The van der Waals surface area contributed by atoms with Gasteiger partial charge in [0.1, 0.15) is 0 Å². The van der Waals surface area contributed by atoms with Gasteiger partial charge < -0.3 is 4.74 Å². The number of nitrogens with zero attached hydrogens (tertiary/aromatic N) is 3. The fourth-order valence-corrected chi connectivity index (χ4v) is 1.54. The molecule has 1 rings (SSSR count). The summed E-state index contributed by atoms with van der Waals surface area (Å²) in [5.74, 6) is 5.02. The minimum atomic E-state index is -0.369. The Labute approximate surface area is 122 Å². The summed E-state index contributed by atoms with van der Waals surface area (Å²) >= 11 is 0. The van der Waals surface area contributed by atoms with Crippen molar-refractivity contribution in [3.05, 3.63) is 45.8 Å². The Morgan fingerprint density at radius 2 is 2.00 bits per heavy atom. The van der Waals surface area contributed by atoms with Gasteiger partial charge in [0.25, 0.3) is 0 Å². The molecule has 0 heterocycles. The van der Waals surface area contributed by atoms with Crippen molar-refractivity contribution >= 4 is 11.8 Å². The van der Waals surface area contributed by atoms with Crippen molar-refractivity contribution in [1.29, 1.82) is 0 Å². The highest BCUT2D eigenvalue weighted by Gasteiger charge is 2.09. The van der Waals surface area contributed by atoms with E-state index < -0.39 is 0 Å². The van der Waals surface area contributed by atoms with Crippen LogP contribution in [0, 0.1) is 11.8 Å². The lowest BCUT2D eigenvalue weighted by molar-refractivity contribution is -0.143. The molecule has 108 valence electrons. The van der Waals surface area contributed by atoms with Crippen molar-refractivity contribution < 1.29 is 14.3 Å². The van der Waals surface area contributed by atoms with Crippen LogP contribution in [0.5, 0.6) is 0 Å². The third kappa shape index (κ3) is 6.28. The van der Waals surface area contributed by atoms with Crippen LogP contribution in [0.15, 0.2) is 29.4 Å². The highest BCUT2D eigenvalue weighted by atomic mass is 16.5. The first-order valence-electron chi connectivity index (χ1n) is 6.46. The summed E-state index contributed by atoms with van der Waals surface area (Å²) in [4.78, 5) is 25.6. The molecular formula is C15H15N3O3. The third-order valence-corrected chi connectivity index (χ3v) is 2.51. The molecular weight excluding hydrogens is 270 g/mol. The SMILES string of the molecule is CCOC(=O)CCC(=O)c1ccc(C#CCN=[N+]=[N-])cc1. The van der Waals surface area contributed by atoms with Crippen LogP contribution in [-0.4, -0.2) is 24.9 Å². The van der Waals surface area contributed by atoms with E-state index in [2.05, 4.69) is 21.9 Å². The lowest BCUT2D eigenvalue weighted by Crippen LogP contribution is -2.07. The summed E-state index contributed by atoms with van der Waals surface area (Å²) in [6.45, 7) is 2.15. The topological polar surface area (TPSA) is 92.1 Å². The molecule has 0 saturated carbocycles. The monoisotopic (exact) mass is 285 g/mol. The number of azide groups is 1. The molecule has 0 N–H and O–H groups in total. The van der Waals surface area contributed by atoms with E-state index in [-0.39, 0.29) is 31.1 Å². The highest BCUT2D eigenvalue weighted by molar-refractivity contribution is 5.97. The van der Waals surface area contributed by atoms with Crippen molar-refractivity contribution in [2.45, 2.75) is 19.8 Å². The minimum absolute atomic E-state index is 0.0837. The fourth-order valence-electron chi connectivity index (χ4n) is 1.54. The van der Waals surface area contributed by atoms with Crippen molar-refractivity contribution in [3.63, 3.8) is 0 Å². The van der Waals surface area contributed by atoms with Gasteiger partial charge in [-0.3, -0.25) is 9.59 Å². The summed E-state index contributed by atoms with van der Waals surface area (Å²) in [5.41, 5.74) is 9.36. The number of ether oxygens (including phenoxy) is 1. The van der Waals surface area contributed by atoms with Crippen LogP contribution in [0.2, 0.25) is 0 Å². The van der Waals surface area contributed by atoms with E-state index in [4.69, 9.17) is 10.3 Å². The number of rotatable bonds is 6. The van der Waals surface area contributed by atoms with Crippen molar-refractivity contribution in [2.75, 3.05) is 13.2 Å². The maximum atomic E-state index is 11.9. The first-order chi connectivity index (χ1) is 10.2. The molecule has 0 aromatic heterocycles.